The van der Waals surface area contributed by atoms with Crippen LogP contribution in [-0.2, 0) is 0 Å². The van der Waals surface area contributed by atoms with Gasteiger partial charge in [0, 0.05) is 6.04 Å². The molecule has 0 aromatic rings. The van der Waals surface area contributed by atoms with Crippen molar-refractivity contribution in [2.45, 2.75) is 57.9 Å². The third kappa shape index (κ3) is 2.48. The van der Waals surface area contributed by atoms with Crippen LogP contribution in [0.25, 0.3) is 0 Å². The van der Waals surface area contributed by atoms with Crippen molar-refractivity contribution in [1.29, 1.82) is 0 Å². The van der Waals surface area contributed by atoms with Gasteiger partial charge in [-0.15, -0.1) is 0 Å². The molecule has 2 fully saturated rings. The molecule has 82 valence electrons. The van der Waals surface area contributed by atoms with Gasteiger partial charge in [0.1, 0.15) is 0 Å². The van der Waals surface area contributed by atoms with E-state index in [0.717, 1.165) is 17.8 Å². The van der Waals surface area contributed by atoms with Crippen LogP contribution in [-0.4, -0.2) is 6.04 Å². The second-order valence-corrected chi connectivity index (χ2v) is 5.30. The van der Waals surface area contributed by atoms with E-state index in [4.69, 9.17) is 5.84 Å². The largest absolute Gasteiger partial charge is 0.271 e. The summed E-state index contributed by atoms with van der Waals surface area (Å²) < 4.78 is 0. The van der Waals surface area contributed by atoms with Crippen LogP contribution in [0.15, 0.2) is 0 Å². The molecule has 14 heavy (non-hydrogen) atoms. The Hall–Kier alpha value is -0.0800. The highest BCUT2D eigenvalue weighted by Crippen LogP contribution is 2.40. The van der Waals surface area contributed by atoms with Gasteiger partial charge in [0.25, 0.3) is 0 Å². The van der Waals surface area contributed by atoms with E-state index in [1.807, 2.05) is 0 Å². The number of hydrogen-bond donors (Lipinski definition) is 2. The highest BCUT2D eigenvalue weighted by Gasteiger charge is 2.33. The van der Waals surface area contributed by atoms with Crippen LogP contribution in [0.2, 0.25) is 0 Å². The van der Waals surface area contributed by atoms with Crippen molar-refractivity contribution in [1.82, 2.24) is 5.43 Å². The maximum atomic E-state index is 5.67. The monoisotopic (exact) mass is 196 g/mol. The average molecular weight is 196 g/mol. The summed E-state index contributed by atoms with van der Waals surface area (Å²) in [6.45, 7) is 2.32. The van der Waals surface area contributed by atoms with Gasteiger partial charge in [-0.05, 0) is 37.0 Å². The molecule has 0 bridgehead atoms. The Morgan fingerprint density at radius 3 is 2.43 bits per heavy atom. The molecule has 0 radical (unpaired) electrons. The van der Waals surface area contributed by atoms with Gasteiger partial charge in [0.15, 0.2) is 0 Å². The minimum Gasteiger partial charge on any atom is -0.271 e. The van der Waals surface area contributed by atoms with Crippen LogP contribution in [0, 0.1) is 17.8 Å². The summed E-state index contributed by atoms with van der Waals surface area (Å²) in [5.41, 5.74) is 3.06. The fourth-order valence-electron chi connectivity index (χ4n) is 2.96. The Morgan fingerprint density at radius 2 is 1.93 bits per heavy atom. The van der Waals surface area contributed by atoms with Crippen LogP contribution in [0.5, 0.6) is 0 Å². The molecule has 0 spiro atoms. The molecule has 2 heteroatoms. The molecule has 2 aliphatic rings. The molecule has 0 saturated heterocycles. The van der Waals surface area contributed by atoms with E-state index in [1.165, 1.54) is 44.9 Å². The lowest BCUT2D eigenvalue weighted by Gasteiger charge is -2.22. The minimum absolute atomic E-state index is 0.610. The maximum Gasteiger partial charge on any atom is 0.0241 e. The maximum absolute atomic E-state index is 5.67. The summed E-state index contributed by atoms with van der Waals surface area (Å²) in [4.78, 5) is 0. The molecular weight excluding hydrogens is 172 g/mol. The molecular formula is C12H24N2. The van der Waals surface area contributed by atoms with Gasteiger partial charge < -0.3 is 0 Å². The Labute approximate surface area is 87.6 Å². The molecule has 0 heterocycles. The molecule has 3 N–H and O–H groups in total. The first kappa shape index (κ1) is 10.4. The fourth-order valence-corrected chi connectivity index (χ4v) is 2.96. The van der Waals surface area contributed by atoms with Gasteiger partial charge in [0.2, 0.25) is 0 Å². The van der Waals surface area contributed by atoms with E-state index in [-0.39, 0.29) is 0 Å². The zero-order valence-corrected chi connectivity index (χ0v) is 9.34. The zero-order valence-electron chi connectivity index (χ0n) is 9.34. The van der Waals surface area contributed by atoms with Crippen molar-refractivity contribution >= 4 is 0 Å². The Bertz CT molecular complexity index is 177. The second kappa shape index (κ2) is 4.63. The normalized spacial score (nSPS) is 34.7. The van der Waals surface area contributed by atoms with Crippen LogP contribution in [0.3, 0.4) is 0 Å². The lowest BCUT2D eigenvalue weighted by molar-refractivity contribution is 0.322. The highest BCUT2D eigenvalue weighted by molar-refractivity contribution is 4.87. The van der Waals surface area contributed by atoms with E-state index >= 15 is 0 Å². The molecule has 2 rings (SSSR count). The Balaban J connectivity index is 1.79. The summed E-state index contributed by atoms with van der Waals surface area (Å²) >= 11 is 0. The van der Waals surface area contributed by atoms with Crippen molar-refractivity contribution in [3.05, 3.63) is 0 Å². The van der Waals surface area contributed by atoms with Gasteiger partial charge in [-0.25, -0.2) is 0 Å². The van der Waals surface area contributed by atoms with Gasteiger partial charge in [-0.1, -0.05) is 32.6 Å². The van der Waals surface area contributed by atoms with Crippen molar-refractivity contribution in [3.8, 4) is 0 Å². The van der Waals surface area contributed by atoms with Crippen LogP contribution < -0.4 is 11.3 Å². The standard InChI is InChI=1S/C12H24N2/c1-2-9-5-6-11(7-9)12(14-13)8-10-3-4-10/h9-12,14H,2-8,13H2,1H3. The highest BCUT2D eigenvalue weighted by atomic mass is 15.2. The summed E-state index contributed by atoms with van der Waals surface area (Å²) in [6, 6.07) is 0.610. The van der Waals surface area contributed by atoms with E-state index in [9.17, 15) is 0 Å². The van der Waals surface area contributed by atoms with E-state index in [2.05, 4.69) is 12.3 Å². The minimum atomic E-state index is 0.610. The second-order valence-electron chi connectivity index (χ2n) is 5.30. The topological polar surface area (TPSA) is 38.0 Å². The summed E-state index contributed by atoms with van der Waals surface area (Å²) in [5, 5.41) is 0. The smallest absolute Gasteiger partial charge is 0.0241 e. The third-order valence-electron chi connectivity index (χ3n) is 4.23. The van der Waals surface area contributed by atoms with Crippen molar-refractivity contribution in [2.24, 2.45) is 23.6 Å². The van der Waals surface area contributed by atoms with Gasteiger partial charge in [-0.2, -0.15) is 0 Å². The van der Waals surface area contributed by atoms with E-state index in [0.29, 0.717) is 6.04 Å². The zero-order chi connectivity index (χ0) is 9.97. The van der Waals surface area contributed by atoms with Crippen LogP contribution in [0.4, 0.5) is 0 Å². The fraction of sp³-hybridized carbons (Fsp3) is 1.00. The SMILES string of the molecule is CCC1CCC(C(CC2CC2)NN)C1. The van der Waals surface area contributed by atoms with Crippen molar-refractivity contribution < 1.29 is 0 Å². The lowest BCUT2D eigenvalue weighted by Crippen LogP contribution is -2.40. The number of hydrogen-bond acceptors (Lipinski definition) is 2. The van der Waals surface area contributed by atoms with Crippen molar-refractivity contribution in [3.63, 3.8) is 0 Å². The molecule has 3 atom stereocenters. The Morgan fingerprint density at radius 1 is 1.21 bits per heavy atom. The first-order valence-electron chi connectivity index (χ1n) is 6.29. The number of nitrogens with two attached hydrogens (primary N) is 1. The van der Waals surface area contributed by atoms with E-state index < -0.39 is 0 Å². The van der Waals surface area contributed by atoms with Gasteiger partial charge in [-0.3, -0.25) is 11.3 Å². The first-order valence-corrected chi connectivity index (χ1v) is 6.29. The number of rotatable bonds is 5. The quantitative estimate of drug-likeness (QED) is 0.523. The summed E-state index contributed by atoms with van der Waals surface area (Å²) in [7, 11) is 0. The molecule has 2 aliphatic carbocycles. The first-order chi connectivity index (χ1) is 6.83. The predicted molar refractivity (Wildman–Crippen MR) is 59.6 cm³/mol. The Kier molecular flexibility index (Phi) is 3.45. The van der Waals surface area contributed by atoms with Gasteiger partial charge >= 0.3 is 0 Å². The molecule has 2 saturated carbocycles. The molecule has 0 aliphatic heterocycles. The van der Waals surface area contributed by atoms with Crippen LogP contribution >= 0.6 is 0 Å². The third-order valence-corrected chi connectivity index (χ3v) is 4.23. The molecule has 3 unspecified atom stereocenters. The summed E-state index contributed by atoms with van der Waals surface area (Å²) in [6.07, 6.45) is 9.83. The molecule has 0 aromatic heterocycles. The van der Waals surface area contributed by atoms with Crippen molar-refractivity contribution in [2.75, 3.05) is 0 Å². The van der Waals surface area contributed by atoms with Gasteiger partial charge in [0.05, 0.1) is 0 Å². The number of hydrazine groups is 1. The molecule has 0 aromatic carbocycles. The number of nitrogens with one attached hydrogen (secondary N) is 1. The average Bonchev–Trinajstić information content (AvgIpc) is 2.90. The van der Waals surface area contributed by atoms with E-state index in [1.54, 1.807) is 0 Å². The predicted octanol–water partition coefficient (Wildman–Crippen LogP) is 2.44. The molecule has 2 nitrogen and oxygen atoms in total. The molecule has 0 amide bonds. The summed E-state index contributed by atoms with van der Waals surface area (Å²) in [5.74, 6) is 8.51. The van der Waals surface area contributed by atoms with Crippen LogP contribution in [0.1, 0.15) is 51.9 Å². The lowest BCUT2D eigenvalue weighted by atomic mass is 9.92.